The van der Waals surface area contributed by atoms with E-state index < -0.39 is 10.0 Å². The highest BCUT2D eigenvalue weighted by molar-refractivity contribution is 9.10. The van der Waals surface area contributed by atoms with Gasteiger partial charge >= 0.3 is 0 Å². The summed E-state index contributed by atoms with van der Waals surface area (Å²) >= 11 is 4.29. The normalized spacial score (nSPS) is 11.8. The fourth-order valence-electron chi connectivity index (χ4n) is 0.687. The van der Waals surface area contributed by atoms with E-state index in [2.05, 4.69) is 20.7 Å². The van der Waals surface area contributed by atoms with Gasteiger partial charge in [0.25, 0.3) is 0 Å². The standard InChI is InChI=1S/C6H8BrNO3S2/c7-5-3-6(12-4-5)13(10,11)8-1-2-9/h3-4,8-9H,1-2H2. The summed E-state index contributed by atoms with van der Waals surface area (Å²) in [5, 5.41) is 10.1. The van der Waals surface area contributed by atoms with Gasteiger partial charge in [0.15, 0.2) is 0 Å². The Morgan fingerprint density at radius 3 is 2.77 bits per heavy atom. The second-order valence-corrected chi connectivity index (χ2v) is 6.03. The van der Waals surface area contributed by atoms with E-state index in [9.17, 15) is 8.42 Å². The molecule has 13 heavy (non-hydrogen) atoms. The zero-order valence-electron chi connectivity index (χ0n) is 6.53. The van der Waals surface area contributed by atoms with Gasteiger partial charge in [-0.15, -0.1) is 11.3 Å². The topological polar surface area (TPSA) is 66.4 Å². The average molecular weight is 286 g/mol. The average Bonchev–Trinajstić information content (AvgIpc) is 2.49. The van der Waals surface area contributed by atoms with Crippen molar-refractivity contribution in [2.45, 2.75) is 4.21 Å². The van der Waals surface area contributed by atoms with Crippen molar-refractivity contribution >= 4 is 37.3 Å². The highest BCUT2D eigenvalue weighted by Crippen LogP contribution is 2.23. The maximum Gasteiger partial charge on any atom is 0.250 e. The first-order valence-electron chi connectivity index (χ1n) is 3.41. The van der Waals surface area contributed by atoms with Crippen molar-refractivity contribution in [1.82, 2.24) is 4.72 Å². The molecule has 1 heterocycles. The molecule has 0 amide bonds. The molecule has 0 saturated carbocycles. The lowest BCUT2D eigenvalue weighted by atomic mass is 10.7. The summed E-state index contributed by atoms with van der Waals surface area (Å²) in [5.74, 6) is 0. The van der Waals surface area contributed by atoms with E-state index in [1.165, 1.54) is 6.07 Å². The Morgan fingerprint density at radius 1 is 1.62 bits per heavy atom. The molecule has 7 heteroatoms. The van der Waals surface area contributed by atoms with Gasteiger partial charge in [0.05, 0.1) is 6.61 Å². The van der Waals surface area contributed by atoms with Crippen LogP contribution in [-0.4, -0.2) is 26.7 Å². The van der Waals surface area contributed by atoms with Gasteiger partial charge in [-0.3, -0.25) is 0 Å². The number of sulfonamides is 1. The van der Waals surface area contributed by atoms with Crippen molar-refractivity contribution in [2.24, 2.45) is 0 Å². The Hall–Kier alpha value is 0.0500. The number of aliphatic hydroxyl groups is 1. The minimum Gasteiger partial charge on any atom is -0.395 e. The molecular formula is C6H8BrNO3S2. The van der Waals surface area contributed by atoms with E-state index in [0.29, 0.717) is 0 Å². The van der Waals surface area contributed by atoms with Gasteiger partial charge in [-0.05, 0) is 22.0 Å². The molecule has 74 valence electrons. The molecular weight excluding hydrogens is 278 g/mol. The molecule has 0 aromatic carbocycles. The SMILES string of the molecule is O=S(=O)(NCCO)c1cc(Br)cs1. The van der Waals surface area contributed by atoms with Crippen LogP contribution in [0.2, 0.25) is 0 Å². The van der Waals surface area contributed by atoms with Crippen LogP contribution in [0.3, 0.4) is 0 Å². The highest BCUT2D eigenvalue weighted by Gasteiger charge is 2.14. The highest BCUT2D eigenvalue weighted by atomic mass is 79.9. The van der Waals surface area contributed by atoms with Gasteiger partial charge in [0.2, 0.25) is 10.0 Å². The van der Waals surface area contributed by atoms with Crippen LogP contribution in [0.5, 0.6) is 0 Å². The van der Waals surface area contributed by atoms with Gasteiger partial charge < -0.3 is 5.11 Å². The quantitative estimate of drug-likeness (QED) is 0.859. The summed E-state index contributed by atoms with van der Waals surface area (Å²) in [6, 6.07) is 1.52. The predicted molar refractivity (Wildman–Crippen MR) is 54.3 cm³/mol. The minimum absolute atomic E-state index is 0.0395. The maximum absolute atomic E-state index is 11.4. The van der Waals surface area contributed by atoms with Gasteiger partial charge in [0, 0.05) is 16.4 Å². The third kappa shape index (κ3) is 3.03. The fraction of sp³-hybridized carbons (Fsp3) is 0.333. The van der Waals surface area contributed by atoms with Crippen molar-refractivity contribution in [3.05, 3.63) is 15.9 Å². The van der Waals surface area contributed by atoms with Crippen LogP contribution in [0.25, 0.3) is 0 Å². The van der Waals surface area contributed by atoms with E-state index >= 15 is 0 Å². The number of thiophene rings is 1. The summed E-state index contributed by atoms with van der Waals surface area (Å²) in [4.78, 5) is 0. The van der Waals surface area contributed by atoms with Crippen LogP contribution in [0.15, 0.2) is 20.1 Å². The first kappa shape index (κ1) is 11.1. The molecule has 0 saturated heterocycles. The Balaban J connectivity index is 2.82. The van der Waals surface area contributed by atoms with E-state index in [1.54, 1.807) is 5.38 Å². The molecule has 0 aliphatic carbocycles. The van der Waals surface area contributed by atoms with E-state index in [0.717, 1.165) is 15.8 Å². The fourth-order valence-corrected chi connectivity index (χ4v) is 3.60. The number of hydrogen-bond acceptors (Lipinski definition) is 4. The first-order chi connectivity index (χ1) is 6.06. The third-order valence-electron chi connectivity index (χ3n) is 1.21. The van der Waals surface area contributed by atoms with E-state index in [1.807, 2.05) is 0 Å². The van der Waals surface area contributed by atoms with Gasteiger partial charge in [-0.25, -0.2) is 13.1 Å². The summed E-state index contributed by atoms with van der Waals surface area (Å²) in [6.07, 6.45) is 0. The second-order valence-electron chi connectivity index (χ2n) is 2.21. The van der Waals surface area contributed by atoms with Crippen LogP contribution in [-0.2, 0) is 10.0 Å². The van der Waals surface area contributed by atoms with Crippen molar-refractivity contribution in [2.75, 3.05) is 13.2 Å². The minimum atomic E-state index is -3.42. The summed E-state index contributed by atoms with van der Waals surface area (Å²) in [5.41, 5.74) is 0. The number of nitrogens with one attached hydrogen (secondary N) is 1. The molecule has 1 aromatic heterocycles. The Morgan fingerprint density at radius 2 is 2.31 bits per heavy atom. The van der Waals surface area contributed by atoms with Crippen LogP contribution < -0.4 is 4.72 Å². The predicted octanol–water partition coefficient (Wildman–Crippen LogP) is 0.781. The molecule has 0 aliphatic heterocycles. The molecule has 0 spiro atoms. The van der Waals surface area contributed by atoms with Crippen LogP contribution in [0.4, 0.5) is 0 Å². The zero-order chi connectivity index (χ0) is 9.90. The molecule has 1 rings (SSSR count). The molecule has 0 bridgehead atoms. The van der Waals surface area contributed by atoms with Crippen molar-refractivity contribution in [1.29, 1.82) is 0 Å². The van der Waals surface area contributed by atoms with Crippen LogP contribution >= 0.6 is 27.3 Å². The first-order valence-corrected chi connectivity index (χ1v) is 6.56. The van der Waals surface area contributed by atoms with Gasteiger partial charge in [0.1, 0.15) is 4.21 Å². The molecule has 0 atom stereocenters. The van der Waals surface area contributed by atoms with Gasteiger partial charge in [-0.1, -0.05) is 0 Å². The lowest BCUT2D eigenvalue weighted by Gasteiger charge is -2.00. The summed E-state index contributed by atoms with van der Waals surface area (Å²) < 4.78 is 26.0. The molecule has 0 aliphatic rings. The summed E-state index contributed by atoms with van der Waals surface area (Å²) in [7, 11) is -3.42. The molecule has 1 aromatic rings. The monoisotopic (exact) mass is 285 g/mol. The number of halogens is 1. The smallest absolute Gasteiger partial charge is 0.250 e. The van der Waals surface area contributed by atoms with Crippen molar-refractivity contribution in [3.8, 4) is 0 Å². The number of hydrogen-bond donors (Lipinski definition) is 2. The Kier molecular flexibility index (Phi) is 3.87. The summed E-state index contributed by atoms with van der Waals surface area (Å²) in [6.45, 7) is -0.163. The molecule has 0 radical (unpaired) electrons. The second kappa shape index (κ2) is 4.52. The molecule has 4 nitrogen and oxygen atoms in total. The third-order valence-corrected chi connectivity index (χ3v) is 4.87. The maximum atomic E-state index is 11.4. The van der Waals surface area contributed by atoms with Crippen LogP contribution in [0, 0.1) is 0 Å². The van der Waals surface area contributed by atoms with E-state index in [-0.39, 0.29) is 17.4 Å². The number of aliphatic hydroxyl groups excluding tert-OH is 1. The lowest BCUT2D eigenvalue weighted by Crippen LogP contribution is -2.25. The largest absolute Gasteiger partial charge is 0.395 e. The van der Waals surface area contributed by atoms with Crippen molar-refractivity contribution < 1.29 is 13.5 Å². The van der Waals surface area contributed by atoms with Gasteiger partial charge in [-0.2, -0.15) is 0 Å². The number of rotatable bonds is 4. The van der Waals surface area contributed by atoms with Crippen molar-refractivity contribution in [3.63, 3.8) is 0 Å². The Labute approximate surface area is 88.8 Å². The lowest BCUT2D eigenvalue weighted by molar-refractivity contribution is 0.301. The molecule has 2 N–H and O–H groups in total. The van der Waals surface area contributed by atoms with Crippen LogP contribution in [0.1, 0.15) is 0 Å². The molecule has 0 unspecified atom stereocenters. The van der Waals surface area contributed by atoms with E-state index in [4.69, 9.17) is 5.11 Å². The molecule has 0 fully saturated rings. The Bertz CT molecular complexity index is 373. The zero-order valence-corrected chi connectivity index (χ0v) is 9.75.